The van der Waals surface area contributed by atoms with Gasteiger partial charge in [0.1, 0.15) is 0 Å². The minimum atomic E-state index is 0. The van der Waals surface area contributed by atoms with Gasteiger partial charge in [0.15, 0.2) is 5.96 Å². The highest BCUT2D eigenvalue weighted by Gasteiger charge is 2.26. The van der Waals surface area contributed by atoms with Crippen LogP contribution in [0.1, 0.15) is 46.5 Å². The van der Waals surface area contributed by atoms with E-state index < -0.39 is 0 Å². The molecule has 0 aliphatic carbocycles. The summed E-state index contributed by atoms with van der Waals surface area (Å²) in [6, 6.07) is 0.596. The summed E-state index contributed by atoms with van der Waals surface area (Å²) >= 11 is 0. The van der Waals surface area contributed by atoms with E-state index in [-0.39, 0.29) is 24.0 Å². The normalized spacial score (nSPS) is 23.2. The average Bonchev–Trinajstić information content (AvgIpc) is 3.21. The molecule has 0 radical (unpaired) electrons. The number of hydrogen-bond donors (Lipinski definition) is 1. The van der Waals surface area contributed by atoms with Crippen molar-refractivity contribution in [1.29, 1.82) is 0 Å². The molecule has 0 aromatic heterocycles. The first-order valence-corrected chi connectivity index (χ1v) is 9.90. The molecule has 25 heavy (non-hydrogen) atoms. The molecular weight excluding hydrogens is 427 g/mol. The third kappa shape index (κ3) is 7.59. The summed E-state index contributed by atoms with van der Waals surface area (Å²) in [4.78, 5) is 10.1. The second-order valence-corrected chi connectivity index (χ2v) is 7.78. The largest absolute Gasteiger partial charge is 0.384 e. The highest BCUT2D eigenvalue weighted by atomic mass is 127. The number of halogens is 1. The van der Waals surface area contributed by atoms with Crippen molar-refractivity contribution in [3.63, 3.8) is 0 Å². The van der Waals surface area contributed by atoms with Gasteiger partial charge in [-0.3, -0.25) is 9.89 Å². The van der Waals surface area contributed by atoms with Gasteiger partial charge in [0.2, 0.25) is 0 Å². The molecule has 2 fully saturated rings. The fraction of sp³-hybridized carbons (Fsp3) is 0.947. The van der Waals surface area contributed by atoms with Gasteiger partial charge in [0.05, 0.1) is 13.2 Å². The number of aliphatic imine (C=N–C) groups is 1. The van der Waals surface area contributed by atoms with Crippen molar-refractivity contribution in [2.45, 2.75) is 52.5 Å². The first-order valence-electron chi connectivity index (χ1n) is 9.90. The van der Waals surface area contributed by atoms with E-state index >= 15 is 0 Å². The summed E-state index contributed by atoms with van der Waals surface area (Å²) in [7, 11) is 1.80. The van der Waals surface area contributed by atoms with E-state index in [9.17, 15) is 0 Å². The van der Waals surface area contributed by atoms with E-state index in [1.54, 1.807) is 7.11 Å². The lowest BCUT2D eigenvalue weighted by atomic mass is 10.0. The molecule has 2 aliphatic rings. The molecular formula is C19H39IN4O. The molecule has 0 bridgehead atoms. The van der Waals surface area contributed by atoms with Gasteiger partial charge in [-0.25, -0.2) is 0 Å². The molecule has 0 aromatic rings. The quantitative estimate of drug-likeness (QED) is 0.339. The van der Waals surface area contributed by atoms with Gasteiger partial charge < -0.3 is 15.0 Å². The fourth-order valence-corrected chi connectivity index (χ4v) is 4.00. The molecule has 0 amide bonds. The fourth-order valence-electron chi connectivity index (χ4n) is 4.00. The zero-order valence-corrected chi connectivity index (χ0v) is 19.0. The van der Waals surface area contributed by atoms with E-state index in [2.05, 4.69) is 35.9 Å². The Balaban J connectivity index is 0.00000312. The van der Waals surface area contributed by atoms with Crippen LogP contribution in [0.3, 0.4) is 0 Å². The van der Waals surface area contributed by atoms with Crippen LogP contribution in [-0.4, -0.2) is 74.8 Å². The molecule has 2 heterocycles. The highest BCUT2D eigenvalue weighted by molar-refractivity contribution is 14.0. The van der Waals surface area contributed by atoms with Gasteiger partial charge >= 0.3 is 0 Å². The highest BCUT2D eigenvalue weighted by Crippen LogP contribution is 2.19. The maximum atomic E-state index is 5.33. The maximum absolute atomic E-state index is 5.33. The minimum Gasteiger partial charge on any atom is -0.384 e. The minimum absolute atomic E-state index is 0. The van der Waals surface area contributed by atoms with Crippen LogP contribution < -0.4 is 5.32 Å². The molecule has 2 aliphatic heterocycles. The zero-order valence-electron chi connectivity index (χ0n) is 16.7. The molecule has 2 saturated heterocycles. The number of nitrogens with zero attached hydrogens (tertiary/aromatic N) is 3. The smallest absolute Gasteiger partial charge is 0.193 e. The van der Waals surface area contributed by atoms with Gasteiger partial charge in [0, 0.05) is 38.7 Å². The Labute approximate surface area is 172 Å². The molecule has 0 spiro atoms. The number of nitrogens with one attached hydrogen (secondary N) is 1. The number of hydrogen-bond acceptors (Lipinski definition) is 3. The van der Waals surface area contributed by atoms with Crippen LogP contribution in [0.5, 0.6) is 0 Å². The average molecular weight is 466 g/mol. The Kier molecular flexibility index (Phi) is 11.3. The molecule has 6 heteroatoms. The van der Waals surface area contributed by atoms with Gasteiger partial charge in [-0.05, 0) is 51.6 Å². The number of guanidine groups is 1. The van der Waals surface area contributed by atoms with Crippen molar-refractivity contribution >= 4 is 29.9 Å². The molecule has 1 N–H and O–H groups in total. The molecule has 0 aromatic carbocycles. The lowest BCUT2D eigenvalue weighted by molar-refractivity contribution is 0.157. The van der Waals surface area contributed by atoms with Gasteiger partial charge in [-0.1, -0.05) is 13.8 Å². The van der Waals surface area contributed by atoms with E-state index in [1.807, 2.05) is 0 Å². The molecule has 148 valence electrons. The van der Waals surface area contributed by atoms with Crippen molar-refractivity contribution in [1.82, 2.24) is 15.1 Å². The van der Waals surface area contributed by atoms with Crippen LogP contribution in [0.25, 0.3) is 0 Å². The molecule has 2 unspecified atom stereocenters. The van der Waals surface area contributed by atoms with Crippen molar-refractivity contribution in [2.75, 3.05) is 53.0 Å². The topological polar surface area (TPSA) is 40.1 Å². The van der Waals surface area contributed by atoms with Crippen LogP contribution >= 0.6 is 24.0 Å². The standard InChI is InChI=1S/C19H38N4O.HI/c1-5-20-19(23-11-8-17(14-23)15-24-4)21-13-18(12-16(2)3)22-9-6-7-10-22;/h16-18H,5-15H2,1-4H3,(H,20,21);1H. The van der Waals surface area contributed by atoms with Crippen molar-refractivity contribution < 1.29 is 4.74 Å². The van der Waals surface area contributed by atoms with Crippen LogP contribution in [-0.2, 0) is 4.74 Å². The molecule has 2 rings (SSSR count). The Bertz CT molecular complexity index is 386. The molecule has 2 atom stereocenters. The Hall–Kier alpha value is -0.0800. The molecule has 0 saturated carbocycles. The van der Waals surface area contributed by atoms with Gasteiger partial charge in [-0.2, -0.15) is 0 Å². The maximum Gasteiger partial charge on any atom is 0.193 e. The Morgan fingerprint density at radius 2 is 1.96 bits per heavy atom. The number of ether oxygens (including phenoxy) is 1. The zero-order chi connectivity index (χ0) is 17.4. The lowest BCUT2D eigenvalue weighted by Gasteiger charge is -2.29. The first-order chi connectivity index (χ1) is 11.6. The van der Waals surface area contributed by atoms with Crippen LogP contribution in [0.15, 0.2) is 4.99 Å². The van der Waals surface area contributed by atoms with Crippen molar-refractivity contribution in [3.8, 4) is 0 Å². The first kappa shape index (κ1) is 23.0. The number of rotatable bonds is 8. The Morgan fingerprint density at radius 1 is 1.24 bits per heavy atom. The SMILES string of the molecule is CCNC(=NCC(CC(C)C)N1CCCC1)N1CCC(COC)C1.I. The summed E-state index contributed by atoms with van der Waals surface area (Å²) in [5, 5.41) is 3.50. The van der Waals surface area contributed by atoms with E-state index in [0.29, 0.717) is 12.0 Å². The third-order valence-corrected chi connectivity index (χ3v) is 5.17. The summed E-state index contributed by atoms with van der Waals surface area (Å²) in [5.41, 5.74) is 0. The van der Waals surface area contributed by atoms with Crippen LogP contribution in [0.4, 0.5) is 0 Å². The third-order valence-electron chi connectivity index (χ3n) is 5.17. The van der Waals surface area contributed by atoms with E-state index in [0.717, 1.165) is 44.7 Å². The summed E-state index contributed by atoms with van der Waals surface area (Å²) in [5.74, 6) is 2.47. The summed E-state index contributed by atoms with van der Waals surface area (Å²) < 4.78 is 5.33. The lowest BCUT2D eigenvalue weighted by Crippen LogP contribution is -2.42. The number of methoxy groups -OCH3 is 1. The van der Waals surface area contributed by atoms with E-state index in [1.165, 1.54) is 38.8 Å². The second kappa shape index (κ2) is 12.3. The van der Waals surface area contributed by atoms with E-state index in [4.69, 9.17) is 9.73 Å². The summed E-state index contributed by atoms with van der Waals surface area (Å²) in [6.07, 6.45) is 5.15. The van der Waals surface area contributed by atoms with Crippen LogP contribution in [0.2, 0.25) is 0 Å². The van der Waals surface area contributed by atoms with Gasteiger partial charge in [-0.15, -0.1) is 24.0 Å². The van der Waals surface area contributed by atoms with Crippen molar-refractivity contribution in [2.24, 2.45) is 16.8 Å². The van der Waals surface area contributed by atoms with Crippen molar-refractivity contribution in [3.05, 3.63) is 0 Å². The van der Waals surface area contributed by atoms with Crippen LogP contribution in [0, 0.1) is 11.8 Å². The number of likely N-dealkylation sites (tertiary alicyclic amines) is 2. The molecule has 5 nitrogen and oxygen atoms in total. The Morgan fingerprint density at radius 3 is 2.56 bits per heavy atom. The monoisotopic (exact) mass is 466 g/mol. The predicted octanol–water partition coefficient (Wildman–Crippen LogP) is 3.05. The van der Waals surface area contributed by atoms with Gasteiger partial charge in [0.25, 0.3) is 0 Å². The second-order valence-electron chi connectivity index (χ2n) is 7.78. The summed E-state index contributed by atoms with van der Waals surface area (Å²) in [6.45, 7) is 14.2. The predicted molar refractivity (Wildman–Crippen MR) is 117 cm³/mol.